The normalized spacial score (nSPS) is 24.1. The molecule has 2 aliphatic rings. The molecular weight excluding hydrogens is 310 g/mol. The lowest BCUT2D eigenvalue weighted by molar-refractivity contribution is 0.347. The van der Waals surface area contributed by atoms with Gasteiger partial charge in [-0.15, -0.1) is 0 Å². The first-order valence-electron chi connectivity index (χ1n) is 8.21. The first-order chi connectivity index (χ1) is 11.1. The summed E-state index contributed by atoms with van der Waals surface area (Å²) in [6.45, 7) is 2.53. The highest BCUT2D eigenvalue weighted by Crippen LogP contribution is 2.47. The van der Waals surface area contributed by atoms with E-state index in [2.05, 4.69) is 6.92 Å². The van der Waals surface area contributed by atoms with Crippen LogP contribution in [-0.2, 0) is 16.6 Å². The Hall–Kier alpha value is -1.59. The maximum absolute atomic E-state index is 12.9. The van der Waals surface area contributed by atoms with Crippen LogP contribution in [0.25, 0.3) is 0 Å². The van der Waals surface area contributed by atoms with Crippen molar-refractivity contribution >= 4 is 10.0 Å². The van der Waals surface area contributed by atoms with Crippen LogP contribution in [0.1, 0.15) is 43.6 Å². The third-order valence-corrected chi connectivity index (χ3v) is 6.69. The second-order valence-corrected chi connectivity index (χ2v) is 8.61. The minimum absolute atomic E-state index is 0.105. The first-order valence-corrected chi connectivity index (χ1v) is 9.65. The third kappa shape index (κ3) is 2.95. The van der Waals surface area contributed by atoms with Crippen molar-refractivity contribution in [3.05, 3.63) is 54.0 Å². The summed E-state index contributed by atoms with van der Waals surface area (Å²) in [4.78, 5) is 0.356. The quantitative estimate of drug-likeness (QED) is 0.810. The summed E-state index contributed by atoms with van der Waals surface area (Å²) in [6.07, 6.45) is 3.03. The van der Waals surface area contributed by atoms with Crippen LogP contribution in [0.15, 0.2) is 51.8 Å². The van der Waals surface area contributed by atoms with Crippen molar-refractivity contribution in [1.82, 2.24) is 4.31 Å². The zero-order valence-electron chi connectivity index (χ0n) is 13.2. The van der Waals surface area contributed by atoms with Gasteiger partial charge in [-0.05, 0) is 49.4 Å². The number of nitrogens with zero attached hydrogens (tertiary/aromatic N) is 1. The molecule has 23 heavy (non-hydrogen) atoms. The van der Waals surface area contributed by atoms with Gasteiger partial charge >= 0.3 is 0 Å². The van der Waals surface area contributed by atoms with Gasteiger partial charge in [-0.25, -0.2) is 8.42 Å². The van der Waals surface area contributed by atoms with E-state index in [-0.39, 0.29) is 6.04 Å². The van der Waals surface area contributed by atoms with E-state index in [4.69, 9.17) is 4.42 Å². The largest absolute Gasteiger partial charge is 0.464 e. The molecule has 0 aliphatic heterocycles. The van der Waals surface area contributed by atoms with Crippen LogP contribution in [0.3, 0.4) is 0 Å². The van der Waals surface area contributed by atoms with Crippen LogP contribution < -0.4 is 0 Å². The van der Waals surface area contributed by atoms with Gasteiger partial charge in [0.2, 0.25) is 10.0 Å². The number of furan rings is 1. The monoisotopic (exact) mass is 331 g/mol. The summed E-state index contributed by atoms with van der Waals surface area (Å²) < 4.78 is 33.3. The molecule has 2 saturated carbocycles. The molecule has 1 heterocycles. The summed E-state index contributed by atoms with van der Waals surface area (Å²) in [5.41, 5.74) is 0. The molecule has 4 rings (SSSR count). The van der Waals surface area contributed by atoms with E-state index in [0.717, 1.165) is 24.4 Å². The van der Waals surface area contributed by atoms with Crippen LogP contribution in [0.2, 0.25) is 0 Å². The Bertz CT molecular complexity index is 793. The van der Waals surface area contributed by atoms with Crippen LogP contribution in [0, 0.1) is 5.92 Å². The minimum atomic E-state index is -3.47. The highest BCUT2D eigenvalue weighted by Gasteiger charge is 2.40. The number of benzene rings is 1. The second-order valence-electron chi connectivity index (χ2n) is 6.72. The Morgan fingerprint density at radius 2 is 1.83 bits per heavy atom. The average molecular weight is 331 g/mol. The molecule has 0 amide bonds. The van der Waals surface area contributed by atoms with E-state index in [1.807, 2.05) is 18.2 Å². The van der Waals surface area contributed by atoms with Gasteiger partial charge in [0.1, 0.15) is 11.5 Å². The molecular formula is C18H21NO3S. The van der Waals surface area contributed by atoms with E-state index < -0.39 is 10.0 Å². The molecule has 4 nitrogen and oxygen atoms in total. The summed E-state index contributed by atoms with van der Waals surface area (Å²) in [7, 11) is -3.47. The average Bonchev–Trinajstić information content (AvgIpc) is 3.47. The van der Waals surface area contributed by atoms with Crippen molar-refractivity contribution in [2.24, 2.45) is 5.92 Å². The van der Waals surface area contributed by atoms with Gasteiger partial charge < -0.3 is 4.42 Å². The Labute approximate surface area is 137 Å². The van der Waals surface area contributed by atoms with Gasteiger partial charge in [0, 0.05) is 12.0 Å². The number of hydrogen-bond acceptors (Lipinski definition) is 3. The molecule has 0 N–H and O–H groups in total. The predicted octanol–water partition coefficient (Wildman–Crippen LogP) is 3.76. The molecule has 1 aromatic heterocycles. The molecule has 0 unspecified atom stereocenters. The van der Waals surface area contributed by atoms with Gasteiger partial charge in [0.05, 0.1) is 11.4 Å². The van der Waals surface area contributed by atoms with E-state index in [0.29, 0.717) is 23.3 Å². The molecule has 1 aromatic carbocycles. The molecule has 2 aromatic rings. The van der Waals surface area contributed by atoms with Crippen molar-refractivity contribution in [1.29, 1.82) is 0 Å². The topological polar surface area (TPSA) is 50.5 Å². The molecule has 2 aliphatic carbocycles. The highest BCUT2D eigenvalue weighted by atomic mass is 32.2. The van der Waals surface area contributed by atoms with Gasteiger partial charge in [-0.3, -0.25) is 0 Å². The minimum Gasteiger partial charge on any atom is -0.464 e. The summed E-state index contributed by atoms with van der Waals surface area (Å²) >= 11 is 0. The SMILES string of the molecule is C[C@@H]1C[C@H]1c1ccc(CN(C2CC2)S(=O)(=O)c2ccccc2)o1. The summed E-state index contributed by atoms with van der Waals surface area (Å²) in [6, 6.07) is 12.7. The van der Waals surface area contributed by atoms with Crippen LogP contribution >= 0.6 is 0 Å². The number of rotatable bonds is 6. The Balaban J connectivity index is 1.58. The summed E-state index contributed by atoms with van der Waals surface area (Å²) in [5, 5.41) is 0. The maximum Gasteiger partial charge on any atom is 0.243 e. The zero-order chi connectivity index (χ0) is 16.0. The van der Waals surface area contributed by atoms with Crippen LogP contribution in [0.4, 0.5) is 0 Å². The second kappa shape index (κ2) is 5.49. The molecule has 122 valence electrons. The maximum atomic E-state index is 12.9. The fourth-order valence-electron chi connectivity index (χ4n) is 3.05. The lowest BCUT2D eigenvalue weighted by Crippen LogP contribution is -2.32. The Morgan fingerprint density at radius 3 is 2.43 bits per heavy atom. The van der Waals surface area contributed by atoms with E-state index in [1.165, 1.54) is 6.42 Å². The number of hydrogen-bond donors (Lipinski definition) is 0. The molecule has 0 radical (unpaired) electrons. The fourth-order valence-corrected chi connectivity index (χ4v) is 4.72. The highest BCUT2D eigenvalue weighted by molar-refractivity contribution is 7.89. The van der Waals surface area contributed by atoms with Crippen LogP contribution in [-0.4, -0.2) is 18.8 Å². The molecule has 2 fully saturated rings. The van der Waals surface area contributed by atoms with Crippen molar-refractivity contribution in [2.45, 2.75) is 49.6 Å². The molecule has 0 saturated heterocycles. The van der Waals surface area contributed by atoms with Crippen molar-refractivity contribution in [3.63, 3.8) is 0 Å². The Kier molecular flexibility index (Phi) is 3.58. The van der Waals surface area contributed by atoms with E-state index >= 15 is 0 Å². The van der Waals surface area contributed by atoms with Gasteiger partial charge in [0.25, 0.3) is 0 Å². The predicted molar refractivity (Wildman–Crippen MR) is 87.4 cm³/mol. The van der Waals surface area contributed by atoms with Gasteiger partial charge in [0.15, 0.2) is 0 Å². The van der Waals surface area contributed by atoms with Gasteiger partial charge in [-0.2, -0.15) is 4.31 Å². The number of sulfonamides is 1. The van der Waals surface area contributed by atoms with Crippen molar-refractivity contribution in [3.8, 4) is 0 Å². The standard InChI is InChI=1S/C18H21NO3S/c1-13-11-17(13)18-10-9-15(22-18)12-19(14-7-8-14)23(20,21)16-5-3-2-4-6-16/h2-6,9-10,13-14,17H,7-8,11-12H2,1H3/t13-,17-/m1/s1. The first kappa shape index (κ1) is 15.0. The molecule has 0 bridgehead atoms. The van der Waals surface area contributed by atoms with Crippen LogP contribution in [0.5, 0.6) is 0 Å². The molecule has 0 spiro atoms. The van der Waals surface area contributed by atoms with E-state index in [1.54, 1.807) is 28.6 Å². The van der Waals surface area contributed by atoms with E-state index in [9.17, 15) is 8.42 Å². The van der Waals surface area contributed by atoms with Gasteiger partial charge in [-0.1, -0.05) is 25.1 Å². The third-order valence-electron chi connectivity index (χ3n) is 4.77. The zero-order valence-corrected chi connectivity index (χ0v) is 14.0. The van der Waals surface area contributed by atoms with Crippen molar-refractivity contribution < 1.29 is 12.8 Å². The molecule has 2 atom stereocenters. The van der Waals surface area contributed by atoms with Crippen molar-refractivity contribution in [2.75, 3.05) is 0 Å². The molecule has 5 heteroatoms. The summed E-state index contributed by atoms with van der Waals surface area (Å²) in [5.74, 6) is 2.94. The lowest BCUT2D eigenvalue weighted by Gasteiger charge is -2.20. The fraction of sp³-hybridized carbons (Fsp3) is 0.444. The Morgan fingerprint density at radius 1 is 1.13 bits per heavy atom. The lowest BCUT2D eigenvalue weighted by atomic mass is 10.3. The smallest absolute Gasteiger partial charge is 0.243 e.